The molecule has 2 rings (SSSR count). The van der Waals surface area contributed by atoms with E-state index in [1.807, 2.05) is 6.92 Å². The van der Waals surface area contributed by atoms with Gasteiger partial charge in [-0.3, -0.25) is 0 Å². The van der Waals surface area contributed by atoms with Crippen LogP contribution in [0, 0.1) is 5.92 Å². The number of halogens is 1. The first-order valence-electron chi connectivity index (χ1n) is 6.90. The van der Waals surface area contributed by atoms with Gasteiger partial charge in [0.25, 0.3) is 0 Å². The van der Waals surface area contributed by atoms with Crippen LogP contribution in [0.15, 0.2) is 22.7 Å². The van der Waals surface area contributed by atoms with E-state index in [0.29, 0.717) is 5.92 Å². The molecule has 1 aliphatic rings. The fourth-order valence-electron chi connectivity index (χ4n) is 2.64. The van der Waals surface area contributed by atoms with Crippen molar-refractivity contribution in [3.05, 3.63) is 28.2 Å². The van der Waals surface area contributed by atoms with Gasteiger partial charge in [-0.25, -0.2) is 0 Å². The monoisotopic (exact) mass is 326 g/mol. The molecule has 0 radical (unpaired) electrons. The van der Waals surface area contributed by atoms with Crippen molar-refractivity contribution in [2.24, 2.45) is 11.7 Å². The number of benzene rings is 1. The Kier molecular flexibility index (Phi) is 5.25. The highest BCUT2D eigenvalue weighted by Crippen LogP contribution is 2.31. The van der Waals surface area contributed by atoms with Crippen LogP contribution in [0.1, 0.15) is 31.4 Å². The summed E-state index contributed by atoms with van der Waals surface area (Å²) in [5, 5.41) is 0. The van der Waals surface area contributed by atoms with E-state index in [0.717, 1.165) is 24.2 Å². The molecule has 2 N–H and O–H groups in total. The maximum Gasteiger partial charge on any atom is 0.0510 e. The Hall–Kier alpha value is -0.580. The first kappa shape index (κ1) is 14.8. The first-order valence-corrected chi connectivity index (χ1v) is 7.70. The molecule has 0 bridgehead atoms. The van der Waals surface area contributed by atoms with Gasteiger partial charge in [-0.1, -0.05) is 6.07 Å². The van der Waals surface area contributed by atoms with Crippen molar-refractivity contribution in [3.8, 4) is 0 Å². The van der Waals surface area contributed by atoms with Crippen LogP contribution in [0.4, 0.5) is 5.69 Å². The number of methoxy groups -OCH3 is 1. The van der Waals surface area contributed by atoms with Crippen molar-refractivity contribution in [1.82, 2.24) is 0 Å². The average Bonchev–Trinajstić information content (AvgIpc) is 2.40. The lowest BCUT2D eigenvalue weighted by Crippen LogP contribution is -2.35. The van der Waals surface area contributed by atoms with Crippen molar-refractivity contribution in [2.45, 2.75) is 25.8 Å². The summed E-state index contributed by atoms with van der Waals surface area (Å²) in [7, 11) is 1.79. The van der Waals surface area contributed by atoms with Crippen LogP contribution in [0.5, 0.6) is 0 Å². The van der Waals surface area contributed by atoms with Gasteiger partial charge >= 0.3 is 0 Å². The molecule has 106 valence electrons. The highest BCUT2D eigenvalue weighted by atomic mass is 79.9. The second kappa shape index (κ2) is 6.73. The van der Waals surface area contributed by atoms with Crippen molar-refractivity contribution in [2.75, 3.05) is 31.7 Å². The standard InChI is InChI=1S/C15H23BrN2O/c1-11(17)13-3-4-15(14(16)9-13)18-7-5-12(6-8-18)10-19-2/h3-4,9,11-12H,5-8,10,17H2,1-2H3/t11-/m0/s1. The van der Waals surface area contributed by atoms with Gasteiger partial charge in [0, 0.05) is 37.3 Å². The summed E-state index contributed by atoms with van der Waals surface area (Å²) in [4.78, 5) is 2.45. The minimum absolute atomic E-state index is 0.0813. The fraction of sp³-hybridized carbons (Fsp3) is 0.600. The van der Waals surface area contributed by atoms with Crippen LogP contribution in [0.25, 0.3) is 0 Å². The van der Waals surface area contributed by atoms with E-state index >= 15 is 0 Å². The van der Waals surface area contributed by atoms with Crippen LogP contribution in [-0.2, 0) is 4.74 Å². The molecule has 1 atom stereocenters. The molecular formula is C15H23BrN2O. The van der Waals surface area contributed by atoms with Crippen LogP contribution in [-0.4, -0.2) is 26.8 Å². The lowest BCUT2D eigenvalue weighted by Gasteiger charge is -2.34. The van der Waals surface area contributed by atoms with Gasteiger partial charge in [0.1, 0.15) is 0 Å². The summed E-state index contributed by atoms with van der Waals surface area (Å²) in [6, 6.07) is 6.53. The molecule has 1 fully saturated rings. The molecule has 1 aliphatic heterocycles. The fourth-order valence-corrected chi connectivity index (χ4v) is 3.29. The van der Waals surface area contributed by atoms with Crippen molar-refractivity contribution in [1.29, 1.82) is 0 Å². The highest BCUT2D eigenvalue weighted by molar-refractivity contribution is 9.10. The Morgan fingerprint density at radius 1 is 1.42 bits per heavy atom. The SMILES string of the molecule is COCC1CCN(c2ccc([C@H](C)N)cc2Br)CC1. The van der Waals surface area contributed by atoms with Gasteiger partial charge in [0.15, 0.2) is 0 Å². The van der Waals surface area contributed by atoms with Gasteiger partial charge in [-0.15, -0.1) is 0 Å². The van der Waals surface area contributed by atoms with E-state index in [1.54, 1.807) is 7.11 Å². The third kappa shape index (κ3) is 3.71. The number of hydrogen-bond acceptors (Lipinski definition) is 3. The molecule has 1 aromatic rings. The lowest BCUT2D eigenvalue weighted by molar-refractivity contribution is 0.139. The summed E-state index contributed by atoms with van der Waals surface area (Å²) < 4.78 is 6.39. The minimum Gasteiger partial charge on any atom is -0.384 e. The van der Waals surface area contributed by atoms with Crippen LogP contribution in [0.3, 0.4) is 0 Å². The summed E-state index contributed by atoms with van der Waals surface area (Å²) in [5.74, 6) is 0.711. The van der Waals surface area contributed by atoms with Gasteiger partial charge in [-0.05, 0) is 59.3 Å². The number of nitrogens with two attached hydrogens (primary N) is 1. The summed E-state index contributed by atoms with van der Waals surface area (Å²) in [6.07, 6.45) is 2.41. The molecule has 0 spiro atoms. The lowest BCUT2D eigenvalue weighted by atomic mass is 9.97. The van der Waals surface area contributed by atoms with Gasteiger partial charge in [-0.2, -0.15) is 0 Å². The molecule has 1 aromatic carbocycles. The normalized spacial score (nSPS) is 18.6. The molecule has 3 nitrogen and oxygen atoms in total. The third-order valence-electron chi connectivity index (χ3n) is 3.86. The third-order valence-corrected chi connectivity index (χ3v) is 4.49. The number of rotatable bonds is 4. The molecule has 0 saturated carbocycles. The molecule has 4 heteroatoms. The number of anilines is 1. The van der Waals surface area contributed by atoms with Crippen molar-refractivity contribution in [3.63, 3.8) is 0 Å². The molecule has 1 heterocycles. The van der Waals surface area contributed by atoms with Gasteiger partial charge in [0.2, 0.25) is 0 Å². The van der Waals surface area contributed by atoms with Crippen LogP contribution >= 0.6 is 15.9 Å². The summed E-state index contributed by atoms with van der Waals surface area (Å²) in [5.41, 5.74) is 8.36. The highest BCUT2D eigenvalue weighted by Gasteiger charge is 2.20. The molecular weight excluding hydrogens is 304 g/mol. The smallest absolute Gasteiger partial charge is 0.0510 e. The van der Waals surface area contributed by atoms with E-state index in [9.17, 15) is 0 Å². The zero-order chi connectivity index (χ0) is 13.8. The largest absolute Gasteiger partial charge is 0.384 e. The Labute approximate surface area is 124 Å². The predicted octanol–water partition coefficient (Wildman–Crippen LogP) is 3.33. The van der Waals surface area contributed by atoms with Crippen molar-refractivity contribution < 1.29 is 4.74 Å². The molecule has 0 aromatic heterocycles. The second-order valence-electron chi connectivity index (χ2n) is 5.39. The Bertz CT molecular complexity index is 415. The Balaban J connectivity index is 2.03. The quantitative estimate of drug-likeness (QED) is 0.922. The maximum absolute atomic E-state index is 5.91. The predicted molar refractivity (Wildman–Crippen MR) is 83.6 cm³/mol. The molecule has 0 aliphatic carbocycles. The maximum atomic E-state index is 5.91. The second-order valence-corrected chi connectivity index (χ2v) is 6.24. The molecule has 0 amide bonds. The van der Waals surface area contributed by atoms with Crippen molar-refractivity contribution >= 4 is 21.6 Å². The minimum atomic E-state index is 0.0813. The zero-order valence-electron chi connectivity index (χ0n) is 11.7. The topological polar surface area (TPSA) is 38.5 Å². The van der Waals surface area contributed by atoms with E-state index in [4.69, 9.17) is 10.5 Å². The number of hydrogen-bond donors (Lipinski definition) is 1. The van der Waals surface area contributed by atoms with E-state index in [-0.39, 0.29) is 6.04 Å². The molecule has 1 saturated heterocycles. The first-order chi connectivity index (χ1) is 9.11. The summed E-state index contributed by atoms with van der Waals surface area (Å²) >= 11 is 3.67. The number of piperidine rings is 1. The number of ether oxygens (including phenoxy) is 1. The Morgan fingerprint density at radius 3 is 2.63 bits per heavy atom. The zero-order valence-corrected chi connectivity index (χ0v) is 13.3. The van der Waals surface area contributed by atoms with Gasteiger partial charge in [0.05, 0.1) is 5.69 Å². The Morgan fingerprint density at radius 2 is 2.11 bits per heavy atom. The molecule has 0 unspecified atom stereocenters. The summed E-state index contributed by atoms with van der Waals surface area (Å²) in [6.45, 7) is 5.10. The van der Waals surface area contributed by atoms with Crippen LogP contribution < -0.4 is 10.6 Å². The van der Waals surface area contributed by atoms with Gasteiger partial charge < -0.3 is 15.4 Å². The van der Waals surface area contributed by atoms with E-state index in [1.165, 1.54) is 24.1 Å². The van der Waals surface area contributed by atoms with Crippen LogP contribution in [0.2, 0.25) is 0 Å². The molecule has 19 heavy (non-hydrogen) atoms. The number of nitrogens with zero attached hydrogens (tertiary/aromatic N) is 1. The average molecular weight is 327 g/mol. The van der Waals surface area contributed by atoms with E-state index in [2.05, 4.69) is 39.0 Å². The van der Waals surface area contributed by atoms with E-state index < -0.39 is 0 Å².